The van der Waals surface area contributed by atoms with Crippen molar-refractivity contribution in [2.24, 2.45) is 0 Å². The van der Waals surface area contributed by atoms with Crippen LogP contribution in [-0.4, -0.2) is 71.6 Å². The molecule has 2 saturated heterocycles. The first-order chi connectivity index (χ1) is 12.3. The molecule has 1 atom stereocenters. The van der Waals surface area contributed by atoms with Gasteiger partial charge in [-0.25, -0.2) is 0 Å². The van der Waals surface area contributed by atoms with E-state index in [4.69, 9.17) is 0 Å². The summed E-state index contributed by atoms with van der Waals surface area (Å²) in [5.74, 6) is -0.320. The Morgan fingerprint density at radius 2 is 1.73 bits per heavy atom. The molecule has 1 aromatic rings. The number of rotatable bonds is 2. The topological polar surface area (TPSA) is 64.1 Å². The third kappa shape index (κ3) is 3.70. The Balaban J connectivity index is 1.65. The van der Waals surface area contributed by atoms with Crippen molar-refractivity contribution in [3.05, 3.63) is 29.3 Å². The van der Waals surface area contributed by atoms with E-state index in [2.05, 4.69) is 36.9 Å². The quantitative estimate of drug-likeness (QED) is 0.865. The van der Waals surface area contributed by atoms with Gasteiger partial charge in [-0.2, -0.15) is 0 Å². The first-order valence-corrected chi connectivity index (χ1v) is 9.40. The molecule has 0 bridgehead atoms. The predicted molar refractivity (Wildman–Crippen MR) is 101 cm³/mol. The predicted octanol–water partition coefficient (Wildman–Crippen LogP) is 1.33. The number of carbonyl (C=O) groups is 2. The smallest absolute Gasteiger partial charge is 0.256 e. The molecule has 0 spiro atoms. The van der Waals surface area contributed by atoms with Crippen molar-refractivity contribution in [3.63, 3.8) is 0 Å². The largest absolute Gasteiger partial charge is 0.378 e. The van der Waals surface area contributed by atoms with E-state index in [1.807, 2.05) is 0 Å². The van der Waals surface area contributed by atoms with Gasteiger partial charge in [0.1, 0.15) is 0 Å². The zero-order valence-electron chi connectivity index (χ0n) is 16.0. The summed E-state index contributed by atoms with van der Waals surface area (Å²) in [5, 5.41) is 10.9. The van der Waals surface area contributed by atoms with Gasteiger partial charge in [-0.3, -0.25) is 9.59 Å². The summed E-state index contributed by atoms with van der Waals surface area (Å²) in [5.41, 5.74) is 2.24. The highest BCUT2D eigenvalue weighted by atomic mass is 16.3. The maximum absolute atomic E-state index is 12.9. The van der Waals surface area contributed by atoms with Gasteiger partial charge in [0.05, 0.1) is 6.54 Å². The Morgan fingerprint density at radius 3 is 2.38 bits per heavy atom. The number of nitrogens with zero attached hydrogens (tertiary/aromatic N) is 3. The average molecular weight is 359 g/mol. The molecule has 2 aliphatic heterocycles. The number of aryl methyl sites for hydroxylation is 2. The Bertz CT molecular complexity index is 698. The van der Waals surface area contributed by atoms with Crippen molar-refractivity contribution in [3.8, 4) is 0 Å². The van der Waals surface area contributed by atoms with Crippen LogP contribution in [0.3, 0.4) is 0 Å². The van der Waals surface area contributed by atoms with Crippen LogP contribution in [0.4, 0.5) is 5.69 Å². The number of β-amino-alcohol motifs (C(OH)–C–C–N with tert-alkyl or cyclic N) is 1. The SMILES string of the molecule is CC(=O)N1CCCC(O)(C(=O)N2CCN(c3cc(C)ccc3C)CC2)C1. The van der Waals surface area contributed by atoms with Gasteiger partial charge >= 0.3 is 0 Å². The summed E-state index contributed by atoms with van der Waals surface area (Å²) < 4.78 is 0. The van der Waals surface area contributed by atoms with Crippen molar-refractivity contribution in [2.45, 2.75) is 39.2 Å². The highest BCUT2D eigenvalue weighted by Crippen LogP contribution is 2.26. The third-order valence-corrected chi connectivity index (χ3v) is 5.59. The van der Waals surface area contributed by atoms with Gasteiger partial charge in [-0.05, 0) is 43.9 Å². The highest BCUT2D eigenvalue weighted by molar-refractivity contribution is 5.86. The van der Waals surface area contributed by atoms with E-state index in [0.29, 0.717) is 32.5 Å². The molecule has 0 aliphatic carbocycles. The second-order valence-electron chi connectivity index (χ2n) is 7.64. The molecule has 0 radical (unpaired) electrons. The Kier molecular flexibility index (Phi) is 5.23. The number of piperidine rings is 1. The summed E-state index contributed by atoms with van der Waals surface area (Å²) in [4.78, 5) is 30.2. The number of piperazine rings is 1. The van der Waals surface area contributed by atoms with Gasteiger partial charge < -0.3 is 19.8 Å². The number of benzene rings is 1. The molecule has 1 N–H and O–H groups in total. The molecule has 2 amide bonds. The first kappa shape index (κ1) is 18.7. The first-order valence-electron chi connectivity index (χ1n) is 9.40. The molecule has 1 aromatic carbocycles. The lowest BCUT2D eigenvalue weighted by molar-refractivity contribution is -0.160. The van der Waals surface area contributed by atoms with Crippen LogP contribution in [0.1, 0.15) is 30.9 Å². The standard InChI is InChI=1S/C20H29N3O3/c1-15-5-6-16(2)18(13-15)21-9-11-22(12-10-21)19(25)20(26)7-4-8-23(14-20)17(3)24/h5-6,13,26H,4,7-12,14H2,1-3H3. The lowest BCUT2D eigenvalue weighted by Gasteiger charge is -2.43. The van der Waals surface area contributed by atoms with Crippen LogP contribution in [0.15, 0.2) is 18.2 Å². The van der Waals surface area contributed by atoms with Crippen LogP contribution in [0, 0.1) is 13.8 Å². The normalized spacial score (nSPS) is 23.9. The van der Waals surface area contributed by atoms with Gasteiger partial charge in [0.2, 0.25) is 5.91 Å². The lowest BCUT2D eigenvalue weighted by atomic mass is 9.91. The maximum Gasteiger partial charge on any atom is 0.256 e. The van der Waals surface area contributed by atoms with E-state index in [1.165, 1.54) is 23.7 Å². The van der Waals surface area contributed by atoms with Crippen molar-refractivity contribution < 1.29 is 14.7 Å². The molecule has 6 nitrogen and oxygen atoms in total. The summed E-state index contributed by atoms with van der Waals surface area (Å²) in [6.07, 6.45) is 1.08. The monoisotopic (exact) mass is 359 g/mol. The molecule has 0 aromatic heterocycles. The number of anilines is 1. The molecule has 2 heterocycles. The van der Waals surface area contributed by atoms with E-state index >= 15 is 0 Å². The van der Waals surface area contributed by atoms with Crippen molar-refractivity contribution >= 4 is 17.5 Å². The van der Waals surface area contributed by atoms with E-state index in [0.717, 1.165) is 13.1 Å². The molecular weight excluding hydrogens is 330 g/mol. The van der Waals surface area contributed by atoms with Gasteiger partial charge in [-0.1, -0.05) is 12.1 Å². The zero-order chi connectivity index (χ0) is 18.9. The van der Waals surface area contributed by atoms with Crippen LogP contribution >= 0.6 is 0 Å². The number of carbonyl (C=O) groups excluding carboxylic acids is 2. The van der Waals surface area contributed by atoms with Crippen LogP contribution in [0.25, 0.3) is 0 Å². The van der Waals surface area contributed by atoms with Crippen LogP contribution < -0.4 is 4.90 Å². The Hall–Kier alpha value is -2.08. The molecule has 2 aliphatic rings. The minimum Gasteiger partial charge on any atom is -0.378 e. The number of hydrogen-bond donors (Lipinski definition) is 1. The number of likely N-dealkylation sites (tertiary alicyclic amines) is 1. The Morgan fingerprint density at radius 1 is 1.04 bits per heavy atom. The maximum atomic E-state index is 12.9. The highest BCUT2D eigenvalue weighted by Gasteiger charge is 2.44. The van der Waals surface area contributed by atoms with E-state index < -0.39 is 5.60 Å². The minimum absolute atomic E-state index is 0.0873. The van der Waals surface area contributed by atoms with E-state index in [-0.39, 0.29) is 18.4 Å². The molecule has 2 fully saturated rings. The average Bonchev–Trinajstić information content (AvgIpc) is 2.63. The molecule has 26 heavy (non-hydrogen) atoms. The van der Waals surface area contributed by atoms with Crippen LogP contribution in [0.2, 0.25) is 0 Å². The molecule has 3 rings (SSSR count). The second kappa shape index (κ2) is 7.27. The van der Waals surface area contributed by atoms with Gasteiger partial charge in [0.15, 0.2) is 5.60 Å². The number of amides is 2. The lowest BCUT2D eigenvalue weighted by Crippen LogP contribution is -2.61. The van der Waals surface area contributed by atoms with Crippen molar-refractivity contribution in [2.75, 3.05) is 44.2 Å². The van der Waals surface area contributed by atoms with E-state index in [1.54, 1.807) is 9.80 Å². The minimum atomic E-state index is -1.44. The van der Waals surface area contributed by atoms with Crippen molar-refractivity contribution in [1.29, 1.82) is 0 Å². The van der Waals surface area contributed by atoms with Crippen LogP contribution in [0.5, 0.6) is 0 Å². The molecule has 6 heteroatoms. The fraction of sp³-hybridized carbons (Fsp3) is 0.600. The second-order valence-corrected chi connectivity index (χ2v) is 7.64. The Labute approximate surface area is 155 Å². The molecule has 0 saturated carbocycles. The van der Waals surface area contributed by atoms with Gasteiger partial charge in [0.25, 0.3) is 5.91 Å². The molecule has 1 unspecified atom stereocenters. The number of hydrogen-bond acceptors (Lipinski definition) is 4. The molecule has 142 valence electrons. The van der Waals surface area contributed by atoms with Crippen molar-refractivity contribution in [1.82, 2.24) is 9.80 Å². The summed E-state index contributed by atoms with van der Waals surface area (Å²) in [7, 11) is 0. The summed E-state index contributed by atoms with van der Waals surface area (Å²) in [6, 6.07) is 6.42. The van der Waals surface area contributed by atoms with Gasteiger partial charge in [0, 0.05) is 45.3 Å². The van der Waals surface area contributed by atoms with Crippen LogP contribution in [-0.2, 0) is 9.59 Å². The third-order valence-electron chi connectivity index (χ3n) is 5.59. The zero-order valence-corrected chi connectivity index (χ0v) is 16.0. The summed E-state index contributed by atoms with van der Waals surface area (Å²) >= 11 is 0. The fourth-order valence-corrected chi connectivity index (χ4v) is 3.98. The van der Waals surface area contributed by atoms with Gasteiger partial charge in [-0.15, -0.1) is 0 Å². The molecular formula is C20H29N3O3. The number of aliphatic hydroxyl groups is 1. The van der Waals surface area contributed by atoms with E-state index in [9.17, 15) is 14.7 Å². The summed E-state index contributed by atoms with van der Waals surface area (Å²) in [6.45, 7) is 9.09. The fourth-order valence-electron chi connectivity index (χ4n) is 3.98.